The molecule has 3 rings (SSSR count). The van der Waals surface area contributed by atoms with E-state index in [1.807, 2.05) is 0 Å². The van der Waals surface area contributed by atoms with E-state index in [1.165, 1.54) is 18.5 Å². The zero-order valence-electron chi connectivity index (χ0n) is 10.2. The quantitative estimate of drug-likeness (QED) is 0.533. The van der Waals surface area contributed by atoms with Crippen molar-refractivity contribution in [2.24, 2.45) is 0 Å². The van der Waals surface area contributed by atoms with Gasteiger partial charge in [0.05, 0.1) is 16.0 Å². The van der Waals surface area contributed by atoms with Gasteiger partial charge in [-0.15, -0.1) is 0 Å². The molecule has 0 saturated heterocycles. The van der Waals surface area contributed by atoms with Crippen LogP contribution in [0.3, 0.4) is 0 Å². The van der Waals surface area contributed by atoms with Gasteiger partial charge in [0.15, 0.2) is 6.33 Å². The van der Waals surface area contributed by atoms with Crippen molar-refractivity contribution < 1.29 is 9.45 Å². The first-order chi connectivity index (χ1) is 9.72. The number of aromatic nitrogens is 4. The Kier molecular flexibility index (Phi) is 2.99. The van der Waals surface area contributed by atoms with E-state index in [0.29, 0.717) is 35.8 Å². The van der Waals surface area contributed by atoms with Crippen LogP contribution in [-0.2, 0) is 6.42 Å². The fraction of sp³-hybridized carbons (Fsp3) is 0.182. The molecule has 0 spiro atoms. The molecule has 1 aromatic carbocycles. The summed E-state index contributed by atoms with van der Waals surface area (Å²) in [6.45, 7) is 0.560. The molecule has 20 heavy (non-hydrogen) atoms. The lowest BCUT2D eigenvalue weighted by Gasteiger charge is -1.98. The zero-order valence-corrected chi connectivity index (χ0v) is 10.2. The standard InChI is InChI=1S/C11H10N6O3/c18-17(19)7-1-2-8-9(5-7)16-11(15-8)12-4-3-10-13-6-14-20-10/h1-2,5-6H,3-4H2,(H2,12,15,16). The van der Waals surface area contributed by atoms with Crippen LogP contribution in [0.2, 0.25) is 0 Å². The average Bonchev–Trinajstić information content (AvgIpc) is 3.06. The highest BCUT2D eigenvalue weighted by molar-refractivity contribution is 5.79. The van der Waals surface area contributed by atoms with E-state index >= 15 is 0 Å². The van der Waals surface area contributed by atoms with E-state index in [0.717, 1.165) is 0 Å². The summed E-state index contributed by atoms with van der Waals surface area (Å²) in [7, 11) is 0. The van der Waals surface area contributed by atoms with Crippen molar-refractivity contribution in [3.63, 3.8) is 0 Å². The van der Waals surface area contributed by atoms with E-state index in [9.17, 15) is 10.1 Å². The Balaban J connectivity index is 1.70. The fourth-order valence-electron chi connectivity index (χ4n) is 1.79. The zero-order chi connectivity index (χ0) is 13.9. The molecule has 2 aromatic heterocycles. The molecule has 9 heteroatoms. The van der Waals surface area contributed by atoms with E-state index in [2.05, 4.69) is 25.4 Å². The summed E-state index contributed by atoms with van der Waals surface area (Å²) in [4.78, 5) is 21.4. The number of H-pyrrole nitrogens is 1. The van der Waals surface area contributed by atoms with Crippen molar-refractivity contribution >= 4 is 22.7 Å². The summed E-state index contributed by atoms with van der Waals surface area (Å²) in [6.07, 6.45) is 1.91. The Morgan fingerprint density at radius 2 is 2.35 bits per heavy atom. The highest BCUT2D eigenvalue weighted by atomic mass is 16.6. The maximum atomic E-state index is 10.7. The number of nitrogens with zero attached hydrogens (tertiary/aromatic N) is 4. The van der Waals surface area contributed by atoms with Crippen molar-refractivity contribution in [2.45, 2.75) is 6.42 Å². The van der Waals surface area contributed by atoms with Gasteiger partial charge in [0.1, 0.15) is 0 Å². The lowest BCUT2D eigenvalue weighted by Crippen LogP contribution is -2.06. The van der Waals surface area contributed by atoms with E-state index in [1.54, 1.807) is 6.07 Å². The largest absolute Gasteiger partial charge is 0.355 e. The molecule has 9 nitrogen and oxygen atoms in total. The summed E-state index contributed by atoms with van der Waals surface area (Å²) >= 11 is 0. The van der Waals surface area contributed by atoms with Crippen LogP contribution in [0, 0.1) is 10.1 Å². The van der Waals surface area contributed by atoms with Crippen LogP contribution >= 0.6 is 0 Å². The molecular formula is C11H10N6O3. The predicted octanol–water partition coefficient (Wildman–Crippen LogP) is 1.51. The molecule has 2 N–H and O–H groups in total. The molecule has 0 atom stereocenters. The lowest BCUT2D eigenvalue weighted by molar-refractivity contribution is -0.384. The number of aromatic amines is 1. The van der Waals surface area contributed by atoms with Gasteiger partial charge in [-0.1, -0.05) is 5.16 Å². The molecule has 0 unspecified atom stereocenters. The Hall–Kier alpha value is -2.97. The number of non-ortho nitro benzene ring substituents is 1. The molecular weight excluding hydrogens is 264 g/mol. The summed E-state index contributed by atoms with van der Waals surface area (Å²) in [5, 5.41) is 17.3. The molecule has 102 valence electrons. The number of fused-ring (bicyclic) bond motifs is 1. The predicted molar refractivity (Wildman–Crippen MR) is 69.2 cm³/mol. The summed E-state index contributed by atoms with van der Waals surface area (Å²) in [5.74, 6) is 1.07. The van der Waals surface area contributed by atoms with Crippen LogP contribution in [0.5, 0.6) is 0 Å². The molecule has 0 amide bonds. The van der Waals surface area contributed by atoms with Gasteiger partial charge in [0.2, 0.25) is 11.8 Å². The maximum Gasteiger partial charge on any atom is 0.271 e. The number of hydrogen-bond donors (Lipinski definition) is 2. The Labute approximate surface area is 112 Å². The van der Waals surface area contributed by atoms with Gasteiger partial charge in [-0.3, -0.25) is 10.1 Å². The number of hydrogen-bond acceptors (Lipinski definition) is 7. The van der Waals surface area contributed by atoms with Gasteiger partial charge in [0.25, 0.3) is 5.69 Å². The van der Waals surface area contributed by atoms with Gasteiger partial charge >= 0.3 is 0 Å². The van der Waals surface area contributed by atoms with E-state index < -0.39 is 4.92 Å². The fourth-order valence-corrected chi connectivity index (χ4v) is 1.79. The molecule has 0 saturated carbocycles. The number of nitro groups is 1. The van der Waals surface area contributed by atoms with Gasteiger partial charge in [-0.2, -0.15) is 4.98 Å². The Bertz CT molecular complexity index is 736. The minimum atomic E-state index is -0.442. The monoisotopic (exact) mass is 274 g/mol. The van der Waals surface area contributed by atoms with Gasteiger partial charge in [-0.25, -0.2) is 4.98 Å². The van der Waals surface area contributed by atoms with Gasteiger partial charge in [-0.05, 0) is 6.07 Å². The average molecular weight is 274 g/mol. The molecule has 3 aromatic rings. The third-order valence-electron chi connectivity index (χ3n) is 2.71. The number of rotatable bonds is 5. The summed E-state index contributed by atoms with van der Waals surface area (Å²) in [5.41, 5.74) is 1.30. The molecule has 0 bridgehead atoms. The second-order valence-corrected chi connectivity index (χ2v) is 4.06. The molecule has 0 aliphatic heterocycles. The third kappa shape index (κ3) is 2.41. The van der Waals surface area contributed by atoms with Crippen molar-refractivity contribution in [2.75, 3.05) is 11.9 Å². The second kappa shape index (κ2) is 4.96. The smallest absolute Gasteiger partial charge is 0.271 e. The number of imidazole rings is 1. The van der Waals surface area contributed by atoms with Crippen molar-refractivity contribution in [1.29, 1.82) is 0 Å². The highest BCUT2D eigenvalue weighted by Crippen LogP contribution is 2.20. The molecule has 0 radical (unpaired) electrons. The number of benzene rings is 1. The van der Waals surface area contributed by atoms with E-state index in [4.69, 9.17) is 4.52 Å². The third-order valence-corrected chi connectivity index (χ3v) is 2.71. The number of nitro benzene ring substituents is 1. The van der Waals surface area contributed by atoms with Crippen molar-refractivity contribution in [3.8, 4) is 0 Å². The van der Waals surface area contributed by atoms with Crippen LogP contribution in [-0.4, -0.2) is 31.6 Å². The number of anilines is 1. The van der Waals surface area contributed by atoms with Crippen LogP contribution in [0.4, 0.5) is 11.6 Å². The minimum Gasteiger partial charge on any atom is -0.355 e. The van der Waals surface area contributed by atoms with Gasteiger partial charge in [0, 0.05) is 25.1 Å². The normalized spacial score (nSPS) is 10.8. The SMILES string of the molecule is O=[N+]([O-])c1ccc2nc(NCCc3ncno3)[nH]c2c1. The first-order valence-corrected chi connectivity index (χ1v) is 5.86. The highest BCUT2D eigenvalue weighted by Gasteiger charge is 2.09. The summed E-state index contributed by atoms with van der Waals surface area (Å²) < 4.78 is 4.87. The van der Waals surface area contributed by atoms with Crippen LogP contribution in [0.25, 0.3) is 11.0 Å². The topological polar surface area (TPSA) is 123 Å². The molecule has 0 aliphatic carbocycles. The van der Waals surface area contributed by atoms with Crippen LogP contribution in [0.15, 0.2) is 29.0 Å². The first kappa shape index (κ1) is 12.1. The Morgan fingerprint density at radius 3 is 3.10 bits per heavy atom. The minimum absolute atomic E-state index is 0.0264. The second-order valence-electron chi connectivity index (χ2n) is 4.06. The van der Waals surface area contributed by atoms with Crippen LogP contribution < -0.4 is 5.32 Å². The molecule has 0 aliphatic rings. The van der Waals surface area contributed by atoms with Crippen molar-refractivity contribution in [3.05, 3.63) is 40.5 Å². The number of nitrogens with one attached hydrogen (secondary N) is 2. The Morgan fingerprint density at radius 1 is 1.45 bits per heavy atom. The summed E-state index contributed by atoms with van der Waals surface area (Å²) in [6, 6.07) is 4.48. The van der Waals surface area contributed by atoms with Gasteiger partial charge < -0.3 is 14.8 Å². The van der Waals surface area contributed by atoms with Crippen LogP contribution in [0.1, 0.15) is 5.89 Å². The molecule has 0 fully saturated rings. The van der Waals surface area contributed by atoms with Crippen molar-refractivity contribution in [1.82, 2.24) is 20.1 Å². The lowest BCUT2D eigenvalue weighted by atomic mass is 10.3. The maximum absolute atomic E-state index is 10.7. The van der Waals surface area contributed by atoms with E-state index in [-0.39, 0.29) is 5.69 Å². The first-order valence-electron chi connectivity index (χ1n) is 5.86. The molecule has 2 heterocycles.